The average Bonchev–Trinajstić information content (AvgIpc) is 2.68. The quantitative estimate of drug-likeness (QED) is 0.543. The van der Waals surface area contributed by atoms with Crippen molar-refractivity contribution < 1.29 is 22.7 Å². The number of piperidine rings is 1. The van der Waals surface area contributed by atoms with Crippen LogP contribution >= 0.6 is 0 Å². The molecule has 1 saturated heterocycles. The van der Waals surface area contributed by atoms with Crippen molar-refractivity contribution >= 4 is 40.5 Å². The van der Waals surface area contributed by atoms with Crippen LogP contribution in [0.25, 0.3) is 0 Å². The predicted octanol–water partition coefficient (Wildman–Crippen LogP) is 0.656. The van der Waals surface area contributed by atoms with Gasteiger partial charge in [0.25, 0.3) is 0 Å². The summed E-state index contributed by atoms with van der Waals surface area (Å²) in [6.07, 6.45) is 3.71. The molecule has 1 aliphatic rings. The Morgan fingerprint density at radius 1 is 1.17 bits per heavy atom. The summed E-state index contributed by atoms with van der Waals surface area (Å²) >= 11 is -0.736. The van der Waals surface area contributed by atoms with Crippen molar-refractivity contribution in [1.82, 2.24) is 14.9 Å². The number of aromatic nitrogens is 2. The Morgan fingerprint density at radius 2 is 1.83 bits per heavy atom. The summed E-state index contributed by atoms with van der Waals surface area (Å²) in [4.78, 5) is 22.6. The van der Waals surface area contributed by atoms with Gasteiger partial charge in [-0.25, -0.2) is 0 Å². The zero-order chi connectivity index (χ0) is 21.7. The SMILES string of the molecule is CC(C)OC(=O)N1CCC(Oc2cc([AsH]c3ccc(S(C)(=O)=O)cc3)ncn2)CC1. The predicted molar refractivity (Wildman–Crippen MR) is 115 cm³/mol. The van der Waals surface area contributed by atoms with E-state index in [9.17, 15) is 13.2 Å². The van der Waals surface area contributed by atoms with Gasteiger partial charge in [-0.3, -0.25) is 0 Å². The summed E-state index contributed by atoms with van der Waals surface area (Å²) in [6, 6.07) is 8.79. The molecular formula is C20H26AsN3O5S. The maximum absolute atomic E-state index is 12.0. The van der Waals surface area contributed by atoms with Gasteiger partial charge in [-0.05, 0) is 0 Å². The summed E-state index contributed by atoms with van der Waals surface area (Å²) in [5.41, 5.74) is 0. The van der Waals surface area contributed by atoms with Crippen molar-refractivity contribution in [2.75, 3.05) is 19.3 Å². The zero-order valence-corrected chi connectivity index (χ0v) is 20.2. The first-order valence-corrected chi connectivity index (χ1v) is 13.7. The molecule has 1 aromatic carbocycles. The Hall–Kier alpha value is -2.12. The third kappa shape index (κ3) is 6.44. The maximum atomic E-state index is 12.0. The molecular weight excluding hydrogens is 469 g/mol. The molecule has 0 bridgehead atoms. The van der Waals surface area contributed by atoms with Gasteiger partial charge in [0, 0.05) is 0 Å². The number of hydrogen-bond donors (Lipinski definition) is 0. The fourth-order valence-corrected chi connectivity index (χ4v) is 5.63. The molecule has 2 heterocycles. The molecule has 1 aliphatic heterocycles. The zero-order valence-electron chi connectivity index (χ0n) is 17.2. The second-order valence-corrected chi connectivity index (χ2v) is 12.2. The minimum absolute atomic E-state index is 0.00936. The van der Waals surface area contributed by atoms with Gasteiger partial charge in [0.1, 0.15) is 0 Å². The van der Waals surface area contributed by atoms with E-state index in [0.717, 1.165) is 21.7 Å². The van der Waals surface area contributed by atoms with E-state index in [-0.39, 0.29) is 18.3 Å². The van der Waals surface area contributed by atoms with Crippen molar-refractivity contribution in [2.24, 2.45) is 0 Å². The number of hydrogen-bond acceptors (Lipinski definition) is 7. The topological polar surface area (TPSA) is 98.7 Å². The Labute approximate surface area is 183 Å². The molecule has 10 heteroatoms. The van der Waals surface area contributed by atoms with Crippen molar-refractivity contribution in [2.45, 2.75) is 43.8 Å². The Kier molecular flexibility index (Phi) is 7.36. The van der Waals surface area contributed by atoms with Gasteiger partial charge < -0.3 is 0 Å². The van der Waals surface area contributed by atoms with Crippen LogP contribution in [0.4, 0.5) is 4.79 Å². The molecule has 0 radical (unpaired) electrons. The van der Waals surface area contributed by atoms with E-state index in [1.54, 1.807) is 17.0 Å². The second-order valence-electron chi connectivity index (χ2n) is 7.40. The molecule has 8 nitrogen and oxygen atoms in total. The molecule has 162 valence electrons. The molecule has 2 aromatic rings. The third-order valence-electron chi connectivity index (χ3n) is 4.52. The first kappa shape index (κ1) is 22.6. The van der Waals surface area contributed by atoms with Crippen LogP contribution in [0, 0.1) is 0 Å². The van der Waals surface area contributed by atoms with E-state index >= 15 is 0 Å². The summed E-state index contributed by atoms with van der Waals surface area (Å²) in [6.45, 7) is 4.86. The standard InChI is InChI=1S/C20H26AsN3O5S/c1-14(2)28-20(25)24-10-8-16(9-11-24)29-19-12-18(22-13-23-19)21-15-4-6-17(7-5-15)30(3,26)27/h4-7,12-14,16,21H,8-11H2,1-3H3. The van der Waals surface area contributed by atoms with Crippen molar-refractivity contribution in [3.63, 3.8) is 0 Å². The van der Waals surface area contributed by atoms with E-state index < -0.39 is 25.6 Å². The van der Waals surface area contributed by atoms with E-state index in [4.69, 9.17) is 9.47 Å². The van der Waals surface area contributed by atoms with Gasteiger partial charge in [-0.2, -0.15) is 0 Å². The Bertz CT molecular complexity index is 974. The number of carbonyl (C=O) groups excluding carboxylic acids is 1. The molecule has 1 aromatic heterocycles. The average molecular weight is 495 g/mol. The molecule has 0 aliphatic carbocycles. The van der Waals surface area contributed by atoms with Crippen molar-refractivity contribution in [3.05, 3.63) is 36.7 Å². The van der Waals surface area contributed by atoms with Crippen LogP contribution in [-0.2, 0) is 14.6 Å². The van der Waals surface area contributed by atoms with Crippen LogP contribution in [-0.4, -0.2) is 76.7 Å². The van der Waals surface area contributed by atoms with Gasteiger partial charge in [0.2, 0.25) is 0 Å². The molecule has 1 fully saturated rings. The number of benzene rings is 1. The number of ether oxygens (including phenoxy) is 2. The van der Waals surface area contributed by atoms with Crippen LogP contribution in [0.15, 0.2) is 41.6 Å². The van der Waals surface area contributed by atoms with Crippen LogP contribution < -0.4 is 13.6 Å². The number of likely N-dealkylation sites (tertiary alicyclic amines) is 1. The van der Waals surface area contributed by atoms with E-state index in [1.807, 2.05) is 32.0 Å². The van der Waals surface area contributed by atoms with Crippen LogP contribution in [0.5, 0.6) is 5.88 Å². The molecule has 1 unspecified atom stereocenters. The first-order chi connectivity index (χ1) is 14.2. The van der Waals surface area contributed by atoms with Crippen LogP contribution in [0.2, 0.25) is 0 Å². The fourth-order valence-electron chi connectivity index (χ4n) is 3.01. The monoisotopic (exact) mass is 495 g/mol. The second kappa shape index (κ2) is 9.79. The fraction of sp³-hybridized carbons (Fsp3) is 0.450. The van der Waals surface area contributed by atoms with Crippen LogP contribution in [0.3, 0.4) is 0 Å². The number of amides is 1. The van der Waals surface area contributed by atoms with E-state index in [2.05, 4.69) is 9.97 Å². The van der Waals surface area contributed by atoms with Crippen LogP contribution in [0.1, 0.15) is 26.7 Å². The molecule has 1 atom stereocenters. The number of rotatable bonds is 6. The van der Waals surface area contributed by atoms with Crippen molar-refractivity contribution in [1.29, 1.82) is 0 Å². The van der Waals surface area contributed by atoms with Crippen molar-refractivity contribution in [3.8, 4) is 5.88 Å². The van der Waals surface area contributed by atoms with Gasteiger partial charge in [0.05, 0.1) is 0 Å². The van der Waals surface area contributed by atoms with E-state index in [0.29, 0.717) is 23.9 Å². The Morgan fingerprint density at radius 3 is 2.43 bits per heavy atom. The summed E-state index contributed by atoms with van der Waals surface area (Å²) in [7, 11) is -3.20. The normalized spacial score (nSPS) is 15.7. The molecule has 0 spiro atoms. The summed E-state index contributed by atoms with van der Waals surface area (Å²) in [5.74, 6) is 0.528. The first-order valence-electron chi connectivity index (χ1n) is 9.72. The summed E-state index contributed by atoms with van der Waals surface area (Å²) < 4.78 is 36.4. The number of sulfone groups is 1. The van der Waals surface area contributed by atoms with E-state index in [1.165, 1.54) is 12.6 Å². The third-order valence-corrected chi connectivity index (χ3v) is 8.07. The molecule has 0 saturated carbocycles. The molecule has 1 amide bonds. The van der Waals surface area contributed by atoms with Gasteiger partial charge in [0.15, 0.2) is 0 Å². The summed E-state index contributed by atoms with van der Waals surface area (Å²) in [5, 5.41) is 0. The molecule has 3 rings (SSSR count). The Balaban J connectivity index is 1.55. The number of carbonyl (C=O) groups is 1. The van der Waals surface area contributed by atoms with Gasteiger partial charge in [-0.1, -0.05) is 0 Å². The molecule has 0 N–H and O–H groups in total. The minimum atomic E-state index is -3.20. The van der Waals surface area contributed by atoms with Gasteiger partial charge >= 0.3 is 184 Å². The van der Waals surface area contributed by atoms with Gasteiger partial charge in [-0.15, -0.1) is 0 Å². The molecule has 30 heavy (non-hydrogen) atoms. The number of nitrogens with zero attached hydrogens (tertiary/aromatic N) is 3.